The molecule has 7 nitrogen and oxygen atoms in total. The van der Waals surface area contributed by atoms with Crippen LogP contribution in [0.4, 0.5) is 0 Å². The molecule has 1 unspecified atom stereocenters. The summed E-state index contributed by atoms with van der Waals surface area (Å²) in [6.07, 6.45) is 1.04. The molecule has 2 N–H and O–H groups in total. The van der Waals surface area contributed by atoms with Crippen LogP contribution in [0.2, 0.25) is 0 Å². The van der Waals surface area contributed by atoms with Crippen molar-refractivity contribution in [3.05, 3.63) is 52.8 Å². The Kier molecular flexibility index (Phi) is 12.7. The van der Waals surface area contributed by atoms with E-state index in [0.29, 0.717) is 19.2 Å². The zero-order valence-corrected chi connectivity index (χ0v) is 22.1. The van der Waals surface area contributed by atoms with E-state index in [1.165, 1.54) is 16.8 Å². The van der Waals surface area contributed by atoms with Gasteiger partial charge in [-0.05, 0) is 39.8 Å². The first-order valence-corrected chi connectivity index (χ1v) is 10.7. The number of aromatic nitrogens is 2. The summed E-state index contributed by atoms with van der Waals surface area (Å²) in [5, 5.41) is 11.5. The highest BCUT2D eigenvalue weighted by atomic mass is 127. The van der Waals surface area contributed by atoms with E-state index in [1.54, 1.807) is 7.11 Å². The van der Waals surface area contributed by atoms with E-state index in [4.69, 9.17) is 4.74 Å². The number of rotatable bonds is 11. The molecular formula is C23H39IN6O. The molecule has 31 heavy (non-hydrogen) atoms. The van der Waals surface area contributed by atoms with E-state index in [1.807, 2.05) is 18.7 Å². The fraction of sp³-hybridized carbons (Fsp3) is 0.565. The lowest BCUT2D eigenvalue weighted by Crippen LogP contribution is -2.39. The van der Waals surface area contributed by atoms with Gasteiger partial charge in [0, 0.05) is 51.1 Å². The van der Waals surface area contributed by atoms with Gasteiger partial charge in [-0.2, -0.15) is 5.10 Å². The van der Waals surface area contributed by atoms with Gasteiger partial charge in [0.2, 0.25) is 0 Å². The molecule has 1 aromatic heterocycles. The van der Waals surface area contributed by atoms with Gasteiger partial charge in [-0.25, -0.2) is 0 Å². The summed E-state index contributed by atoms with van der Waals surface area (Å²) in [6.45, 7) is 10.4. The Bertz CT molecular complexity index is 793. The minimum Gasteiger partial charge on any atom is -0.383 e. The van der Waals surface area contributed by atoms with E-state index in [2.05, 4.69) is 76.9 Å². The standard InChI is InChI=1S/C23H38N6O.HI/c1-18(28(5)17-21-10-8-7-9-11-21)12-13-25-23(24-4)26-16-22-19(2)27-29(20(22)3)14-15-30-6;/h7-11,18H,12-17H2,1-6H3,(H2,24,25,26);1H. The molecule has 0 saturated carbocycles. The van der Waals surface area contributed by atoms with E-state index in [-0.39, 0.29) is 24.0 Å². The number of guanidine groups is 1. The lowest BCUT2D eigenvalue weighted by Gasteiger charge is -2.25. The van der Waals surface area contributed by atoms with Crippen LogP contribution in [-0.2, 0) is 24.4 Å². The number of ether oxygens (including phenoxy) is 1. The zero-order valence-electron chi connectivity index (χ0n) is 19.8. The number of hydrogen-bond acceptors (Lipinski definition) is 4. The zero-order chi connectivity index (χ0) is 21.9. The SMILES string of the molecule is CN=C(NCCC(C)N(C)Cc1ccccc1)NCc1c(C)nn(CCOC)c1C.I. The molecule has 0 aliphatic rings. The Morgan fingerprint density at radius 2 is 1.94 bits per heavy atom. The maximum atomic E-state index is 5.17. The third-order valence-electron chi connectivity index (χ3n) is 5.58. The Hall–Kier alpha value is -1.65. The summed E-state index contributed by atoms with van der Waals surface area (Å²) in [5.41, 5.74) is 4.77. The molecule has 0 bridgehead atoms. The van der Waals surface area contributed by atoms with Crippen LogP contribution >= 0.6 is 24.0 Å². The molecule has 0 spiro atoms. The highest BCUT2D eigenvalue weighted by molar-refractivity contribution is 14.0. The summed E-state index contributed by atoms with van der Waals surface area (Å²) in [4.78, 5) is 6.75. The number of nitrogens with zero attached hydrogens (tertiary/aromatic N) is 4. The molecule has 0 aliphatic heterocycles. The number of nitrogens with one attached hydrogen (secondary N) is 2. The Morgan fingerprint density at radius 3 is 2.58 bits per heavy atom. The van der Waals surface area contributed by atoms with Crippen LogP contribution in [0.15, 0.2) is 35.3 Å². The fourth-order valence-corrected chi connectivity index (χ4v) is 3.43. The third-order valence-corrected chi connectivity index (χ3v) is 5.58. The summed E-state index contributed by atoms with van der Waals surface area (Å²) in [7, 11) is 5.70. The molecule has 2 rings (SSSR count). The predicted molar refractivity (Wildman–Crippen MR) is 139 cm³/mol. The number of aryl methyl sites for hydroxylation is 1. The Balaban J connectivity index is 0.00000480. The van der Waals surface area contributed by atoms with Gasteiger partial charge in [-0.15, -0.1) is 24.0 Å². The molecule has 8 heteroatoms. The largest absolute Gasteiger partial charge is 0.383 e. The molecule has 0 saturated heterocycles. The number of halogens is 1. The van der Waals surface area contributed by atoms with Gasteiger partial charge >= 0.3 is 0 Å². The van der Waals surface area contributed by atoms with Crippen molar-refractivity contribution in [1.82, 2.24) is 25.3 Å². The average molecular weight is 543 g/mol. The van der Waals surface area contributed by atoms with Crippen LogP contribution < -0.4 is 10.6 Å². The topological polar surface area (TPSA) is 66.7 Å². The van der Waals surface area contributed by atoms with Crippen LogP contribution in [0.5, 0.6) is 0 Å². The van der Waals surface area contributed by atoms with E-state index >= 15 is 0 Å². The highest BCUT2D eigenvalue weighted by Crippen LogP contribution is 2.13. The first-order chi connectivity index (χ1) is 14.5. The maximum absolute atomic E-state index is 5.17. The van der Waals surface area contributed by atoms with Crippen molar-refractivity contribution in [2.45, 2.75) is 52.9 Å². The number of benzene rings is 1. The molecule has 1 atom stereocenters. The minimum absolute atomic E-state index is 0. The first kappa shape index (κ1) is 27.4. The van der Waals surface area contributed by atoms with Crippen molar-refractivity contribution in [3.63, 3.8) is 0 Å². The second-order valence-corrected chi connectivity index (χ2v) is 7.76. The number of aliphatic imine (C=N–C) groups is 1. The molecule has 0 fully saturated rings. The van der Waals surface area contributed by atoms with Crippen molar-refractivity contribution >= 4 is 29.9 Å². The summed E-state index contributed by atoms with van der Waals surface area (Å²) in [5.74, 6) is 0.816. The molecule has 2 aromatic rings. The van der Waals surface area contributed by atoms with Gasteiger partial charge in [0.1, 0.15) is 0 Å². The van der Waals surface area contributed by atoms with Crippen LogP contribution in [0.25, 0.3) is 0 Å². The van der Waals surface area contributed by atoms with Crippen molar-refractivity contribution in [3.8, 4) is 0 Å². The summed E-state index contributed by atoms with van der Waals surface area (Å²) in [6, 6.07) is 11.1. The number of hydrogen-bond donors (Lipinski definition) is 2. The smallest absolute Gasteiger partial charge is 0.191 e. The lowest BCUT2D eigenvalue weighted by molar-refractivity contribution is 0.182. The van der Waals surface area contributed by atoms with Gasteiger partial charge in [0.15, 0.2) is 5.96 Å². The molecule has 1 aromatic carbocycles. The lowest BCUT2D eigenvalue weighted by atomic mass is 10.1. The van der Waals surface area contributed by atoms with Crippen LogP contribution in [0, 0.1) is 13.8 Å². The van der Waals surface area contributed by atoms with Gasteiger partial charge < -0.3 is 15.4 Å². The van der Waals surface area contributed by atoms with E-state index in [0.717, 1.165) is 37.7 Å². The Labute approximate surface area is 204 Å². The molecule has 0 aliphatic carbocycles. The first-order valence-electron chi connectivity index (χ1n) is 10.7. The van der Waals surface area contributed by atoms with Gasteiger partial charge in [-0.1, -0.05) is 30.3 Å². The monoisotopic (exact) mass is 542 g/mol. The molecule has 0 amide bonds. The van der Waals surface area contributed by atoms with Gasteiger partial charge in [0.25, 0.3) is 0 Å². The second-order valence-electron chi connectivity index (χ2n) is 7.76. The normalized spacial score (nSPS) is 12.5. The van der Waals surface area contributed by atoms with Crippen LogP contribution in [0.3, 0.4) is 0 Å². The van der Waals surface area contributed by atoms with Crippen molar-refractivity contribution in [2.24, 2.45) is 4.99 Å². The van der Waals surface area contributed by atoms with E-state index in [9.17, 15) is 0 Å². The second kappa shape index (κ2) is 14.4. The van der Waals surface area contributed by atoms with Gasteiger partial charge in [-0.3, -0.25) is 14.6 Å². The minimum atomic E-state index is 0. The summed E-state index contributed by atoms with van der Waals surface area (Å²) < 4.78 is 7.18. The van der Waals surface area contributed by atoms with Crippen molar-refractivity contribution < 1.29 is 4.74 Å². The maximum Gasteiger partial charge on any atom is 0.191 e. The Morgan fingerprint density at radius 1 is 1.23 bits per heavy atom. The molecule has 174 valence electrons. The van der Waals surface area contributed by atoms with Crippen LogP contribution in [0.1, 0.15) is 35.9 Å². The molecule has 0 radical (unpaired) electrons. The quantitative estimate of drug-likeness (QED) is 0.259. The van der Waals surface area contributed by atoms with Crippen LogP contribution in [-0.4, -0.2) is 61.0 Å². The molecule has 1 heterocycles. The van der Waals surface area contributed by atoms with E-state index < -0.39 is 0 Å². The van der Waals surface area contributed by atoms with Crippen molar-refractivity contribution in [1.29, 1.82) is 0 Å². The molecular weight excluding hydrogens is 503 g/mol. The highest BCUT2D eigenvalue weighted by Gasteiger charge is 2.13. The van der Waals surface area contributed by atoms with Crippen molar-refractivity contribution in [2.75, 3.05) is 34.4 Å². The third kappa shape index (κ3) is 8.78. The average Bonchev–Trinajstić information content (AvgIpc) is 3.02. The fourth-order valence-electron chi connectivity index (χ4n) is 3.43. The number of methoxy groups -OCH3 is 1. The predicted octanol–water partition coefficient (Wildman–Crippen LogP) is 3.34. The van der Waals surface area contributed by atoms with Gasteiger partial charge in [0.05, 0.1) is 18.8 Å². The summed E-state index contributed by atoms with van der Waals surface area (Å²) >= 11 is 0.